The van der Waals surface area contributed by atoms with Crippen LogP contribution in [0.25, 0.3) is 0 Å². The van der Waals surface area contributed by atoms with Crippen molar-refractivity contribution in [1.29, 1.82) is 0 Å². The molecule has 1 saturated heterocycles. The summed E-state index contributed by atoms with van der Waals surface area (Å²) in [5.74, 6) is -0.245. The summed E-state index contributed by atoms with van der Waals surface area (Å²) in [4.78, 5) is 12.0. The van der Waals surface area contributed by atoms with Crippen LogP contribution in [0.4, 0.5) is 0 Å². The zero-order valence-electron chi connectivity index (χ0n) is 12.9. The highest BCUT2D eigenvalue weighted by molar-refractivity contribution is 5.89. The molecule has 3 nitrogen and oxygen atoms in total. The Morgan fingerprint density at radius 1 is 1.25 bits per heavy atom. The maximum absolute atomic E-state index is 12.0. The lowest BCUT2D eigenvalue weighted by molar-refractivity contribution is -0.140. The number of hydrogen-bond acceptors (Lipinski definition) is 3. The van der Waals surface area contributed by atoms with Gasteiger partial charge in [-0.25, -0.2) is 4.79 Å². The molecule has 0 aliphatic carbocycles. The fourth-order valence-electron chi connectivity index (χ4n) is 2.19. The second kappa shape index (κ2) is 5.57. The van der Waals surface area contributed by atoms with Crippen LogP contribution < -0.4 is 0 Å². The molecule has 0 aromatic heterocycles. The normalized spacial score (nSPS) is 17.4. The average molecular weight is 276 g/mol. The van der Waals surface area contributed by atoms with E-state index in [1.54, 1.807) is 0 Å². The van der Waals surface area contributed by atoms with Crippen LogP contribution in [0.2, 0.25) is 0 Å². The van der Waals surface area contributed by atoms with E-state index in [4.69, 9.17) is 9.47 Å². The van der Waals surface area contributed by atoms with E-state index in [1.165, 1.54) is 5.56 Å². The van der Waals surface area contributed by atoms with E-state index < -0.39 is 0 Å². The Hall–Kier alpha value is -1.35. The Morgan fingerprint density at radius 3 is 2.25 bits per heavy atom. The molecule has 0 amide bonds. The minimum Gasteiger partial charge on any atom is -0.461 e. The van der Waals surface area contributed by atoms with Crippen LogP contribution in [0, 0.1) is 5.41 Å². The molecule has 2 rings (SSSR count). The maximum atomic E-state index is 12.0. The minimum absolute atomic E-state index is 0.0427. The number of carbonyl (C=O) groups is 1. The van der Waals surface area contributed by atoms with Crippen LogP contribution in [0.1, 0.15) is 50.0 Å². The second-order valence-corrected chi connectivity index (χ2v) is 6.75. The Labute approximate surface area is 121 Å². The smallest absolute Gasteiger partial charge is 0.338 e. The van der Waals surface area contributed by atoms with Crippen LogP contribution >= 0.6 is 0 Å². The number of carbonyl (C=O) groups excluding carboxylic acids is 1. The molecule has 1 aliphatic heterocycles. The number of ether oxygens (including phenoxy) is 2. The van der Waals surface area contributed by atoms with Crippen molar-refractivity contribution in [2.24, 2.45) is 5.41 Å². The Kier molecular flexibility index (Phi) is 4.19. The van der Waals surface area contributed by atoms with Gasteiger partial charge in [-0.1, -0.05) is 39.8 Å². The second-order valence-electron chi connectivity index (χ2n) is 6.75. The molecule has 0 N–H and O–H groups in total. The van der Waals surface area contributed by atoms with Gasteiger partial charge < -0.3 is 9.47 Å². The maximum Gasteiger partial charge on any atom is 0.338 e. The first-order valence-electron chi connectivity index (χ1n) is 7.22. The van der Waals surface area contributed by atoms with E-state index in [1.807, 2.05) is 24.3 Å². The largest absolute Gasteiger partial charge is 0.461 e. The minimum atomic E-state index is -0.245. The Balaban J connectivity index is 1.96. The Bertz CT molecular complexity index is 458. The first-order chi connectivity index (χ1) is 9.36. The van der Waals surface area contributed by atoms with Crippen molar-refractivity contribution >= 4 is 5.97 Å². The van der Waals surface area contributed by atoms with Gasteiger partial charge in [0.25, 0.3) is 0 Å². The quantitative estimate of drug-likeness (QED) is 0.789. The molecule has 1 heterocycles. The summed E-state index contributed by atoms with van der Waals surface area (Å²) >= 11 is 0. The summed E-state index contributed by atoms with van der Waals surface area (Å²) in [7, 11) is 0. The van der Waals surface area contributed by atoms with Gasteiger partial charge in [-0.05, 0) is 29.5 Å². The van der Waals surface area contributed by atoms with Crippen LogP contribution in [-0.4, -0.2) is 25.8 Å². The van der Waals surface area contributed by atoms with Gasteiger partial charge in [0, 0.05) is 0 Å². The molecule has 1 aromatic rings. The van der Waals surface area contributed by atoms with Crippen molar-refractivity contribution in [1.82, 2.24) is 0 Å². The zero-order valence-corrected chi connectivity index (χ0v) is 12.9. The predicted molar refractivity (Wildman–Crippen MR) is 79.0 cm³/mol. The molecule has 0 radical (unpaired) electrons. The summed E-state index contributed by atoms with van der Waals surface area (Å²) in [6.45, 7) is 10.4. The van der Waals surface area contributed by atoms with E-state index in [9.17, 15) is 4.79 Å². The first-order valence-corrected chi connectivity index (χ1v) is 7.22. The van der Waals surface area contributed by atoms with Crippen molar-refractivity contribution in [3.8, 4) is 0 Å². The van der Waals surface area contributed by atoms with Crippen LogP contribution in [-0.2, 0) is 14.9 Å². The molecule has 0 spiro atoms. The lowest BCUT2D eigenvalue weighted by Crippen LogP contribution is -2.46. The molecule has 1 fully saturated rings. The van der Waals surface area contributed by atoms with Crippen LogP contribution in [0.3, 0.4) is 0 Å². The van der Waals surface area contributed by atoms with Gasteiger partial charge in [0.05, 0.1) is 24.2 Å². The van der Waals surface area contributed by atoms with E-state index in [0.717, 1.165) is 6.42 Å². The molecular formula is C17H24O3. The van der Waals surface area contributed by atoms with E-state index >= 15 is 0 Å². The third-order valence-corrected chi connectivity index (χ3v) is 4.06. The Morgan fingerprint density at radius 2 is 1.85 bits per heavy atom. The molecule has 0 atom stereocenters. The van der Waals surface area contributed by atoms with Crippen molar-refractivity contribution in [2.75, 3.05) is 19.8 Å². The first kappa shape index (κ1) is 15.0. The van der Waals surface area contributed by atoms with Gasteiger partial charge in [-0.15, -0.1) is 0 Å². The zero-order chi connectivity index (χ0) is 14.8. The molecule has 0 unspecified atom stereocenters. The summed E-state index contributed by atoms with van der Waals surface area (Å²) in [6.07, 6.45) is 0.975. The molecule has 1 aliphatic rings. The molecule has 0 saturated carbocycles. The van der Waals surface area contributed by atoms with Gasteiger partial charge in [-0.2, -0.15) is 0 Å². The summed E-state index contributed by atoms with van der Waals surface area (Å²) in [5, 5.41) is 0. The highest BCUT2D eigenvalue weighted by atomic mass is 16.5. The molecule has 0 bridgehead atoms. The molecule has 110 valence electrons. The monoisotopic (exact) mass is 276 g/mol. The number of hydrogen-bond donors (Lipinski definition) is 0. The standard InChI is InChI=1S/C17H24O3/c1-5-17(10-19-11-17)12-20-15(18)13-6-8-14(9-7-13)16(2,3)4/h6-9H,5,10-12H2,1-4H3. The summed E-state index contributed by atoms with van der Waals surface area (Å²) in [6, 6.07) is 7.69. The van der Waals surface area contributed by atoms with Gasteiger partial charge in [0.1, 0.15) is 6.61 Å². The van der Waals surface area contributed by atoms with Crippen molar-refractivity contribution in [3.05, 3.63) is 35.4 Å². The van der Waals surface area contributed by atoms with Gasteiger partial charge >= 0.3 is 5.97 Å². The molecular weight excluding hydrogens is 252 g/mol. The van der Waals surface area contributed by atoms with Crippen molar-refractivity contribution < 1.29 is 14.3 Å². The fourth-order valence-corrected chi connectivity index (χ4v) is 2.19. The highest BCUT2D eigenvalue weighted by Crippen LogP contribution is 2.31. The lowest BCUT2D eigenvalue weighted by Gasteiger charge is -2.39. The lowest BCUT2D eigenvalue weighted by atomic mass is 9.84. The molecule has 3 heteroatoms. The predicted octanol–water partition coefficient (Wildman–Crippen LogP) is 3.57. The SMILES string of the molecule is CCC1(COC(=O)c2ccc(C(C)(C)C)cc2)COC1. The summed E-state index contributed by atoms with van der Waals surface area (Å²) in [5.41, 5.74) is 1.97. The number of esters is 1. The third kappa shape index (κ3) is 3.21. The molecule has 20 heavy (non-hydrogen) atoms. The molecule has 1 aromatic carbocycles. The number of rotatable bonds is 4. The van der Waals surface area contributed by atoms with Crippen molar-refractivity contribution in [3.63, 3.8) is 0 Å². The van der Waals surface area contributed by atoms with E-state index in [0.29, 0.717) is 25.4 Å². The van der Waals surface area contributed by atoms with Gasteiger partial charge in [0.2, 0.25) is 0 Å². The summed E-state index contributed by atoms with van der Waals surface area (Å²) < 4.78 is 10.7. The van der Waals surface area contributed by atoms with Gasteiger partial charge in [0.15, 0.2) is 0 Å². The fraction of sp³-hybridized carbons (Fsp3) is 0.588. The van der Waals surface area contributed by atoms with E-state index in [2.05, 4.69) is 27.7 Å². The number of benzene rings is 1. The highest BCUT2D eigenvalue weighted by Gasteiger charge is 2.38. The van der Waals surface area contributed by atoms with Crippen LogP contribution in [0.15, 0.2) is 24.3 Å². The van der Waals surface area contributed by atoms with Crippen LogP contribution in [0.5, 0.6) is 0 Å². The van der Waals surface area contributed by atoms with E-state index in [-0.39, 0.29) is 16.8 Å². The third-order valence-electron chi connectivity index (χ3n) is 4.06. The average Bonchev–Trinajstić information content (AvgIpc) is 2.37. The van der Waals surface area contributed by atoms with Gasteiger partial charge in [-0.3, -0.25) is 0 Å². The topological polar surface area (TPSA) is 35.5 Å². The van der Waals surface area contributed by atoms with Crippen molar-refractivity contribution in [2.45, 2.75) is 39.5 Å².